The van der Waals surface area contributed by atoms with Gasteiger partial charge in [-0.1, -0.05) is 0 Å². The maximum absolute atomic E-state index is 11.0. The van der Waals surface area contributed by atoms with Crippen molar-refractivity contribution in [2.24, 2.45) is 11.7 Å². The van der Waals surface area contributed by atoms with E-state index in [0.717, 1.165) is 12.8 Å². The van der Waals surface area contributed by atoms with Crippen LogP contribution < -0.4 is 5.73 Å². The minimum Gasteiger partial charge on any atom is -0.508 e. The van der Waals surface area contributed by atoms with Crippen LogP contribution in [0, 0.1) is 5.92 Å². The van der Waals surface area contributed by atoms with Gasteiger partial charge in [0, 0.05) is 5.56 Å². The van der Waals surface area contributed by atoms with Crippen molar-refractivity contribution in [3.63, 3.8) is 0 Å². The molecule has 15 heavy (non-hydrogen) atoms. The Morgan fingerprint density at radius 2 is 2.07 bits per heavy atom. The smallest absolute Gasteiger partial charge is 0.252 e. The molecule has 1 aliphatic rings. The number of primary amides is 1. The fraction of sp³-hybridized carbons (Fsp3) is 0.364. The van der Waals surface area contributed by atoms with Gasteiger partial charge in [0.25, 0.3) is 5.91 Å². The molecule has 1 amide bonds. The summed E-state index contributed by atoms with van der Waals surface area (Å²) in [7, 11) is 0. The Morgan fingerprint density at radius 3 is 2.60 bits per heavy atom. The first-order valence-electron chi connectivity index (χ1n) is 4.93. The van der Waals surface area contributed by atoms with Crippen LogP contribution in [0.2, 0.25) is 0 Å². The molecule has 1 aromatic carbocycles. The number of hydrogen-bond donors (Lipinski definition) is 3. The zero-order valence-corrected chi connectivity index (χ0v) is 8.23. The van der Waals surface area contributed by atoms with Crippen molar-refractivity contribution >= 4 is 5.91 Å². The third kappa shape index (κ3) is 1.88. The van der Waals surface area contributed by atoms with E-state index in [1.54, 1.807) is 0 Å². The van der Waals surface area contributed by atoms with Gasteiger partial charge >= 0.3 is 0 Å². The van der Waals surface area contributed by atoms with Gasteiger partial charge in [-0.25, -0.2) is 0 Å². The first-order valence-corrected chi connectivity index (χ1v) is 4.93. The molecule has 0 aromatic heterocycles. The van der Waals surface area contributed by atoms with Gasteiger partial charge in [0.2, 0.25) is 0 Å². The van der Waals surface area contributed by atoms with Crippen LogP contribution >= 0.6 is 0 Å². The Balaban J connectivity index is 2.40. The summed E-state index contributed by atoms with van der Waals surface area (Å²) in [6, 6.07) is 2.74. The maximum atomic E-state index is 11.0. The van der Waals surface area contributed by atoms with Crippen molar-refractivity contribution in [3.8, 4) is 11.5 Å². The quantitative estimate of drug-likeness (QED) is 0.695. The highest BCUT2D eigenvalue weighted by Crippen LogP contribution is 2.39. The summed E-state index contributed by atoms with van der Waals surface area (Å²) in [5.41, 5.74) is 5.61. The highest BCUT2D eigenvalue weighted by Gasteiger charge is 2.26. The van der Waals surface area contributed by atoms with Gasteiger partial charge < -0.3 is 15.9 Å². The maximum Gasteiger partial charge on any atom is 0.252 e. The summed E-state index contributed by atoms with van der Waals surface area (Å²) < 4.78 is 0. The topological polar surface area (TPSA) is 83.6 Å². The van der Waals surface area contributed by atoms with Crippen LogP contribution in [0.25, 0.3) is 0 Å². The summed E-state index contributed by atoms with van der Waals surface area (Å²) in [4.78, 5) is 11.0. The fourth-order valence-corrected chi connectivity index (χ4v) is 1.64. The zero-order chi connectivity index (χ0) is 11.0. The molecule has 0 heterocycles. The largest absolute Gasteiger partial charge is 0.508 e. The first kappa shape index (κ1) is 9.83. The highest BCUT2D eigenvalue weighted by molar-refractivity contribution is 5.96. The first-order chi connectivity index (χ1) is 7.09. The Morgan fingerprint density at radius 1 is 1.40 bits per heavy atom. The molecule has 0 radical (unpaired) electrons. The molecule has 4 heteroatoms. The van der Waals surface area contributed by atoms with Gasteiger partial charge in [0.15, 0.2) is 0 Å². The van der Waals surface area contributed by atoms with E-state index in [1.165, 1.54) is 12.1 Å². The Hall–Kier alpha value is -1.71. The normalized spacial score (nSPS) is 15.2. The van der Waals surface area contributed by atoms with Crippen LogP contribution in [0.5, 0.6) is 11.5 Å². The van der Waals surface area contributed by atoms with E-state index in [2.05, 4.69) is 0 Å². The van der Waals surface area contributed by atoms with Gasteiger partial charge in [-0.3, -0.25) is 4.79 Å². The molecule has 2 rings (SSSR count). The molecule has 0 atom stereocenters. The summed E-state index contributed by atoms with van der Waals surface area (Å²) >= 11 is 0. The van der Waals surface area contributed by atoms with E-state index in [-0.39, 0.29) is 17.1 Å². The average molecular weight is 207 g/mol. The highest BCUT2D eigenvalue weighted by atomic mass is 16.3. The standard InChI is InChI=1S/C11H13NO3/c12-11(15)7-3-4-9(13)8(10(7)14)5-6-1-2-6/h3-4,6,13-14H,1-2,5H2,(H2,12,15). The second kappa shape index (κ2) is 3.46. The van der Waals surface area contributed by atoms with Gasteiger partial charge in [-0.05, 0) is 37.3 Å². The summed E-state index contributed by atoms with van der Waals surface area (Å²) in [6.07, 6.45) is 2.83. The molecule has 4 nitrogen and oxygen atoms in total. The third-order valence-electron chi connectivity index (χ3n) is 2.71. The number of phenolic OH excluding ortho intramolecular Hbond substituents is 1. The SMILES string of the molecule is NC(=O)c1ccc(O)c(CC2CC2)c1O. The number of amides is 1. The molecule has 1 aliphatic carbocycles. The van der Waals surface area contributed by atoms with Gasteiger partial charge in [0.1, 0.15) is 11.5 Å². The molecule has 0 spiro atoms. The van der Waals surface area contributed by atoms with Gasteiger partial charge in [0.05, 0.1) is 5.56 Å². The van der Waals surface area contributed by atoms with Crippen LogP contribution in [-0.4, -0.2) is 16.1 Å². The number of carbonyl (C=O) groups is 1. The van der Waals surface area contributed by atoms with Crippen LogP contribution in [0.4, 0.5) is 0 Å². The van der Waals surface area contributed by atoms with E-state index in [1.807, 2.05) is 0 Å². The fourth-order valence-electron chi connectivity index (χ4n) is 1.64. The van der Waals surface area contributed by atoms with Crippen LogP contribution in [0.1, 0.15) is 28.8 Å². The third-order valence-corrected chi connectivity index (χ3v) is 2.71. The minimum absolute atomic E-state index is 0.0319. The molecule has 1 fully saturated rings. The van der Waals surface area contributed by atoms with Crippen molar-refractivity contribution in [1.82, 2.24) is 0 Å². The molecular weight excluding hydrogens is 194 g/mol. The van der Waals surface area contributed by atoms with Crippen LogP contribution in [-0.2, 0) is 6.42 Å². The Kier molecular flexibility index (Phi) is 2.26. The van der Waals surface area contributed by atoms with Crippen LogP contribution in [0.3, 0.4) is 0 Å². The lowest BCUT2D eigenvalue weighted by atomic mass is 10.0. The molecule has 0 bridgehead atoms. The van der Waals surface area contributed by atoms with E-state index >= 15 is 0 Å². The van der Waals surface area contributed by atoms with E-state index in [4.69, 9.17) is 5.73 Å². The Bertz CT molecular complexity index is 411. The molecule has 0 unspecified atom stereocenters. The molecule has 0 saturated heterocycles. The van der Waals surface area contributed by atoms with E-state index < -0.39 is 5.91 Å². The average Bonchev–Trinajstić information content (AvgIpc) is 2.95. The summed E-state index contributed by atoms with van der Waals surface area (Å²) in [6.45, 7) is 0. The van der Waals surface area contributed by atoms with Crippen molar-refractivity contribution < 1.29 is 15.0 Å². The molecule has 4 N–H and O–H groups in total. The zero-order valence-electron chi connectivity index (χ0n) is 8.23. The number of rotatable bonds is 3. The monoisotopic (exact) mass is 207 g/mol. The molecular formula is C11H13NO3. The van der Waals surface area contributed by atoms with Gasteiger partial charge in [-0.15, -0.1) is 0 Å². The van der Waals surface area contributed by atoms with Crippen molar-refractivity contribution in [2.75, 3.05) is 0 Å². The lowest BCUT2D eigenvalue weighted by Crippen LogP contribution is -2.11. The van der Waals surface area contributed by atoms with E-state index in [0.29, 0.717) is 17.9 Å². The lowest BCUT2D eigenvalue weighted by molar-refractivity contribution is 0.0997. The number of aromatic hydroxyl groups is 2. The molecule has 1 saturated carbocycles. The van der Waals surface area contributed by atoms with Gasteiger partial charge in [-0.2, -0.15) is 0 Å². The Labute approximate surface area is 87.3 Å². The second-order valence-corrected chi connectivity index (χ2v) is 3.97. The molecule has 0 aliphatic heterocycles. The van der Waals surface area contributed by atoms with Crippen molar-refractivity contribution in [2.45, 2.75) is 19.3 Å². The lowest BCUT2D eigenvalue weighted by Gasteiger charge is -2.09. The number of benzene rings is 1. The number of carbonyl (C=O) groups excluding carboxylic acids is 1. The summed E-state index contributed by atoms with van der Waals surface area (Å²) in [5.74, 6) is -0.298. The van der Waals surface area contributed by atoms with Crippen molar-refractivity contribution in [1.29, 1.82) is 0 Å². The summed E-state index contributed by atoms with van der Waals surface area (Å²) in [5, 5.41) is 19.3. The predicted octanol–water partition coefficient (Wildman–Crippen LogP) is 1.15. The number of hydrogen-bond acceptors (Lipinski definition) is 3. The molecule has 1 aromatic rings. The number of nitrogens with two attached hydrogens (primary N) is 1. The van der Waals surface area contributed by atoms with Crippen LogP contribution in [0.15, 0.2) is 12.1 Å². The number of phenols is 2. The van der Waals surface area contributed by atoms with Crippen molar-refractivity contribution in [3.05, 3.63) is 23.3 Å². The predicted molar refractivity (Wildman–Crippen MR) is 54.7 cm³/mol. The molecule has 80 valence electrons. The minimum atomic E-state index is -0.676. The van der Waals surface area contributed by atoms with E-state index in [9.17, 15) is 15.0 Å². The second-order valence-electron chi connectivity index (χ2n) is 3.97.